The van der Waals surface area contributed by atoms with Gasteiger partial charge in [0.05, 0.1) is 22.2 Å². The number of amides is 1. The molecule has 0 aliphatic carbocycles. The maximum atomic E-state index is 13.4. The molecule has 0 spiro atoms. The highest BCUT2D eigenvalue weighted by Gasteiger charge is 2.26. The van der Waals surface area contributed by atoms with Crippen LogP contribution in [0.5, 0.6) is 0 Å². The van der Waals surface area contributed by atoms with Crippen LogP contribution in [0.25, 0.3) is 0 Å². The first-order valence-corrected chi connectivity index (χ1v) is 11.3. The second kappa shape index (κ2) is 9.73. The van der Waals surface area contributed by atoms with Crippen LogP contribution in [0, 0.1) is 18.9 Å². The number of sulfonamides is 1. The molecule has 1 aliphatic heterocycles. The predicted octanol–water partition coefficient (Wildman–Crippen LogP) is 4.63. The van der Waals surface area contributed by atoms with Crippen molar-refractivity contribution >= 4 is 33.4 Å². The third kappa shape index (κ3) is 5.29. The molecule has 160 valence electrons. The Labute approximate surface area is 187 Å². The van der Waals surface area contributed by atoms with E-state index in [0.717, 1.165) is 9.87 Å². The van der Waals surface area contributed by atoms with Crippen LogP contribution in [0.4, 0.5) is 10.5 Å². The Morgan fingerprint density at radius 3 is 2.48 bits per heavy atom. The van der Waals surface area contributed by atoms with Crippen LogP contribution in [0.1, 0.15) is 12.5 Å². The van der Waals surface area contributed by atoms with Gasteiger partial charge in [0, 0.05) is 12.2 Å². The van der Waals surface area contributed by atoms with Crippen LogP contribution in [0.2, 0.25) is 0 Å². The van der Waals surface area contributed by atoms with E-state index < -0.39 is 22.2 Å². The molecule has 0 bridgehead atoms. The van der Waals surface area contributed by atoms with Crippen LogP contribution in [-0.2, 0) is 14.8 Å². The minimum atomic E-state index is -3.97. The van der Waals surface area contributed by atoms with Gasteiger partial charge in [0.2, 0.25) is 0 Å². The van der Waals surface area contributed by atoms with Crippen LogP contribution >= 0.6 is 11.6 Å². The summed E-state index contributed by atoms with van der Waals surface area (Å²) >= 11 is 6.02. The van der Waals surface area contributed by atoms with Crippen LogP contribution in [-0.4, -0.2) is 32.1 Å². The standard InChI is InChI=1S/C23H21ClN2O4S/c1-3-30-23(27)25-17-19(24)11-12-20(25)15-16-26(21-7-5-4-6-8-21)31(28,29)22-13-9-18(2)10-14-22/h4-14,17,20H,3H2,1-2H3. The van der Waals surface area contributed by atoms with Crippen molar-refractivity contribution in [1.29, 1.82) is 0 Å². The van der Waals surface area contributed by atoms with Crippen molar-refractivity contribution in [3.63, 3.8) is 0 Å². The lowest BCUT2D eigenvalue weighted by Crippen LogP contribution is -2.36. The molecule has 0 aromatic heterocycles. The van der Waals surface area contributed by atoms with E-state index in [2.05, 4.69) is 12.0 Å². The third-order valence-electron chi connectivity index (χ3n) is 4.34. The summed E-state index contributed by atoms with van der Waals surface area (Å²) in [5, 5.41) is 0.332. The van der Waals surface area contributed by atoms with Gasteiger partial charge in [0.25, 0.3) is 10.0 Å². The van der Waals surface area contributed by atoms with E-state index in [-0.39, 0.29) is 11.5 Å². The molecule has 6 nitrogen and oxygen atoms in total. The minimum Gasteiger partial charge on any atom is -0.449 e. The van der Waals surface area contributed by atoms with Crippen molar-refractivity contribution in [2.24, 2.45) is 0 Å². The molecule has 2 aromatic carbocycles. The molecule has 2 aromatic rings. The lowest BCUT2D eigenvalue weighted by atomic mass is 10.2. The summed E-state index contributed by atoms with van der Waals surface area (Å²) in [6.45, 7) is 3.75. The Morgan fingerprint density at radius 1 is 1.16 bits per heavy atom. The monoisotopic (exact) mass is 456 g/mol. The maximum absolute atomic E-state index is 13.4. The number of ether oxygens (including phenoxy) is 1. The SMILES string of the molecule is CCOC(=O)N1C=C(Cl)C=CC1C#CN(c1ccccc1)S(=O)(=O)c1ccc(C)cc1. The van der Waals surface area contributed by atoms with Crippen LogP contribution in [0.3, 0.4) is 0 Å². The highest BCUT2D eigenvalue weighted by atomic mass is 35.5. The summed E-state index contributed by atoms with van der Waals surface area (Å²) in [5.74, 6) is 2.85. The Balaban J connectivity index is 2.03. The molecular weight excluding hydrogens is 436 g/mol. The summed E-state index contributed by atoms with van der Waals surface area (Å²) in [4.78, 5) is 13.6. The fraction of sp³-hybridized carbons (Fsp3) is 0.174. The number of nitrogens with zero attached hydrogens (tertiary/aromatic N) is 2. The van der Waals surface area contributed by atoms with Gasteiger partial charge in [-0.25, -0.2) is 13.2 Å². The number of carbonyl (C=O) groups is 1. The number of benzene rings is 2. The number of allylic oxidation sites excluding steroid dienone is 2. The Bertz CT molecular complexity index is 1160. The van der Waals surface area contributed by atoms with Gasteiger partial charge in [-0.05, 0) is 56.2 Å². The maximum Gasteiger partial charge on any atom is 0.415 e. The molecular formula is C23H21ClN2O4S. The van der Waals surface area contributed by atoms with Gasteiger partial charge in [-0.15, -0.1) is 0 Å². The van der Waals surface area contributed by atoms with Crippen molar-refractivity contribution in [3.05, 3.63) is 83.5 Å². The summed E-state index contributed by atoms with van der Waals surface area (Å²) in [6.07, 6.45) is 3.98. The fourth-order valence-corrected chi connectivity index (χ4v) is 4.22. The van der Waals surface area contributed by atoms with E-state index in [4.69, 9.17) is 16.3 Å². The Hall–Kier alpha value is -3.21. The Morgan fingerprint density at radius 2 is 1.84 bits per heavy atom. The quantitative estimate of drug-likeness (QED) is 0.497. The van der Waals surface area contributed by atoms with E-state index >= 15 is 0 Å². The number of carbonyl (C=O) groups excluding carboxylic acids is 1. The van der Waals surface area contributed by atoms with Gasteiger partial charge in [-0.3, -0.25) is 4.90 Å². The lowest BCUT2D eigenvalue weighted by Gasteiger charge is -2.25. The van der Waals surface area contributed by atoms with Crippen molar-refractivity contribution in [2.75, 3.05) is 10.9 Å². The molecule has 0 fully saturated rings. The molecule has 1 unspecified atom stereocenters. The minimum absolute atomic E-state index is 0.112. The smallest absolute Gasteiger partial charge is 0.415 e. The molecule has 1 atom stereocenters. The molecule has 0 N–H and O–H groups in total. The van der Waals surface area contributed by atoms with Gasteiger partial charge in [-0.1, -0.05) is 47.5 Å². The van der Waals surface area contributed by atoms with Crippen molar-refractivity contribution < 1.29 is 17.9 Å². The van der Waals surface area contributed by atoms with E-state index in [0.29, 0.717) is 10.7 Å². The second-order valence-electron chi connectivity index (χ2n) is 6.60. The number of anilines is 1. The summed E-state index contributed by atoms with van der Waals surface area (Å²) in [6, 6.07) is 17.0. The summed E-state index contributed by atoms with van der Waals surface area (Å²) in [5.41, 5.74) is 1.32. The first-order chi connectivity index (χ1) is 14.8. The number of hydrogen-bond donors (Lipinski definition) is 0. The number of aryl methyl sites for hydroxylation is 1. The van der Waals surface area contributed by atoms with Gasteiger partial charge >= 0.3 is 6.09 Å². The van der Waals surface area contributed by atoms with Crippen LogP contribution in [0.15, 0.2) is 82.9 Å². The first kappa shape index (κ1) is 22.5. The molecule has 0 saturated heterocycles. The molecule has 3 rings (SSSR count). The van der Waals surface area contributed by atoms with Crippen molar-refractivity contribution in [1.82, 2.24) is 4.90 Å². The number of hydrogen-bond acceptors (Lipinski definition) is 4. The number of halogens is 1. The normalized spacial score (nSPS) is 15.5. The third-order valence-corrected chi connectivity index (χ3v) is 6.22. The molecule has 1 heterocycles. The van der Waals surface area contributed by atoms with Gasteiger partial charge in [0.1, 0.15) is 6.04 Å². The van der Waals surface area contributed by atoms with E-state index in [9.17, 15) is 13.2 Å². The topological polar surface area (TPSA) is 66.9 Å². The second-order valence-corrected chi connectivity index (χ2v) is 8.82. The molecule has 1 amide bonds. The molecule has 31 heavy (non-hydrogen) atoms. The van der Waals surface area contributed by atoms with Gasteiger partial charge in [-0.2, -0.15) is 4.31 Å². The van der Waals surface area contributed by atoms with E-state index in [1.54, 1.807) is 61.5 Å². The lowest BCUT2D eigenvalue weighted by molar-refractivity contribution is 0.120. The highest BCUT2D eigenvalue weighted by Crippen LogP contribution is 2.24. The molecule has 0 saturated carbocycles. The number of para-hydroxylation sites is 1. The van der Waals surface area contributed by atoms with E-state index in [1.807, 2.05) is 6.92 Å². The molecule has 8 heteroatoms. The zero-order chi connectivity index (χ0) is 22.4. The fourth-order valence-electron chi connectivity index (χ4n) is 2.78. The van der Waals surface area contributed by atoms with Crippen molar-refractivity contribution in [2.45, 2.75) is 24.8 Å². The molecule has 1 aliphatic rings. The summed E-state index contributed by atoms with van der Waals surface area (Å²) < 4.78 is 32.8. The summed E-state index contributed by atoms with van der Waals surface area (Å²) in [7, 11) is -3.97. The van der Waals surface area contributed by atoms with Crippen LogP contribution < -0.4 is 4.31 Å². The zero-order valence-electron chi connectivity index (χ0n) is 17.0. The molecule has 0 radical (unpaired) electrons. The first-order valence-electron chi connectivity index (χ1n) is 9.52. The number of rotatable bonds is 4. The predicted molar refractivity (Wildman–Crippen MR) is 121 cm³/mol. The van der Waals surface area contributed by atoms with E-state index in [1.165, 1.54) is 23.2 Å². The van der Waals surface area contributed by atoms with Gasteiger partial charge in [0.15, 0.2) is 0 Å². The highest BCUT2D eigenvalue weighted by molar-refractivity contribution is 7.93. The average molecular weight is 457 g/mol. The van der Waals surface area contributed by atoms with Crippen molar-refractivity contribution in [3.8, 4) is 12.0 Å². The zero-order valence-corrected chi connectivity index (χ0v) is 18.6. The Kier molecular flexibility index (Phi) is 7.06. The van der Waals surface area contributed by atoms with Gasteiger partial charge < -0.3 is 4.74 Å². The average Bonchev–Trinajstić information content (AvgIpc) is 2.76. The largest absolute Gasteiger partial charge is 0.449 e.